The summed E-state index contributed by atoms with van der Waals surface area (Å²) < 4.78 is 0. The Labute approximate surface area is 140 Å². The molecule has 0 radical (unpaired) electrons. The number of carbonyl (C=O) groups is 3. The molecule has 130 valence electrons. The number of hydrogen-bond acceptors (Lipinski definition) is 6. The third-order valence-electron chi connectivity index (χ3n) is 3.27. The van der Waals surface area contributed by atoms with Crippen molar-refractivity contribution in [1.29, 1.82) is 0 Å². The topological polar surface area (TPSA) is 164 Å². The second kappa shape index (κ2) is 6.79. The van der Waals surface area contributed by atoms with Crippen molar-refractivity contribution in [2.45, 2.75) is 6.42 Å². The third kappa shape index (κ3) is 3.96. The monoisotopic (exact) mass is 347 g/mol. The first-order valence-electron chi connectivity index (χ1n) is 6.83. The molecule has 9 heteroatoms. The molecule has 0 atom stereocenters. The van der Waals surface area contributed by atoms with Gasteiger partial charge in [0.05, 0.1) is 12.0 Å². The number of aromatic hydroxyl groups is 3. The number of nitrogens with one attached hydrogen (secondary N) is 1. The quantitative estimate of drug-likeness (QED) is 0.441. The molecular formula is C16H13NO8. The SMILES string of the molecule is O=C(O)Cc1cc(O)c(C(=O)Nc2ccc(C(=O)O)c(O)c2)cc1O. The fourth-order valence-electron chi connectivity index (χ4n) is 2.10. The molecule has 2 aromatic carbocycles. The van der Waals surface area contributed by atoms with Gasteiger partial charge in [0.15, 0.2) is 0 Å². The molecule has 0 spiro atoms. The van der Waals surface area contributed by atoms with Crippen molar-refractivity contribution < 1.29 is 39.9 Å². The Morgan fingerprint density at radius 2 is 1.48 bits per heavy atom. The maximum Gasteiger partial charge on any atom is 0.339 e. The van der Waals surface area contributed by atoms with Crippen LogP contribution in [0, 0.1) is 0 Å². The van der Waals surface area contributed by atoms with Crippen molar-refractivity contribution in [3.05, 3.63) is 47.0 Å². The number of anilines is 1. The summed E-state index contributed by atoms with van der Waals surface area (Å²) in [6, 6.07) is 5.20. The normalized spacial score (nSPS) is 10.2. The number of hydrogen-bond donors (Lipinski definition) is 6. The van der Waals surface area contributed by atoms with E-state index in [1.165, 1.54) is 6.07 Å². The van der Waals surface area contributed by atoms with Gasteiger partial charge < -0.3 is 30.8 Å². The Morgan fingerprint density at radius 3 is 2.04 bits per heavy atom. The third-order valence-corrected chi connectivity index (χ3v) is 3.27. The molecule has 9 nitrogen and oxygen atoms in total. The molecule has 0 aliphatic carbocycles. The zero-order valence-corrected chi connectivity index (χ0v) is 12.6. The number of carboxylic acid groups (broad SMARTS) is 2. The van der Waals surface area contributed by atoms with Crippen LogP contribution in [0.1, 0.15) is 26.3 Å². The van der Waals surface area contributed by atoms with E-state index < -0.39 is 41.5 Å². The van der Waals surface area contributed by atoms with Crippen LogP contribution in [0.2, 0.25) is 0 Å². The number of phenolic OH excluding ortho intramolecular Hbond substituents is 2. The summed E-state index contributed by atoms with van der Waals surface area (Å²) in [7, 11) is 0. The first-order valence-corrected chi connectivity index (χ1v) is 6.83. The molecule has 0 saturated heterocycles. The van der Waals surface area contributed by atoms with E-state index in [1.807, 2.05) is 0 Å². The van der Waals surface area contributed by atoms with Crippen LogP contribution in [0.5, 0.6) is 17.2 Å². The maximum absolute atomic E-state index is 12.2. The Bertz CT molecular complexity index is 875. The lowest BCUT2D eigenvalue weighted by Crippen LogP contribution is -2.13. The zero-order chi connectivity index (χ0) is 18.7. The maximum atomic E-state index is 12.2. The minimum Gasteiger partial charge on any atom is -0.508 e. The Hall–Kier alpha value is -3.75. The average Bonchev–Trinajstić information content (AvgIpc) is 2.49. The van der Waals surface area contributed by atoms with E-state index in [-0.39, 0.29) is 22.4 Å². The first kappa shape index (κ1) is 17.6. The second-order valence-electron chi connectivity index (χ2n) is 5.06. The minimum absolute atomic E-state index is 0.0565. The molecule has 2 rings (SSSR count). The van der Waals surface area contributed by atoms with Crippen LogP contribution in [0.3, 0.4) is 0 Å². The van der Waals surface area contributed by atoms with Gasteiger partial charge in [0.2, 0.25) is 0 Å². The van der Waals surface area contributed by atoms with Gasteiger partial charge in [0.25, 0.3) is 5.91 Å². The number of phenols is 3. The smallest absolute Gasteiger partial charge is 0.339 e. The predicted octanol–water partition coefficient (Wildman–Crippen LogP) is 1.38. The van der Waals surface area contributed by atoms with Gasteiger partial charge in [0, 0.05) is 17.3 Å². The van der Waals surface area contributed by atoms with E-state index in [4.69, 9.17) is 10.2 Å². The number of carboxylic acids is 2. The van der Waals surface area contributed by atoms with Gasteiger partial charge in [-0.2, -0.15) is 0 Å². The van der Waals surface area contributed by atoms with Crippen molar-refractivity contribution in [3.8, 4) is 17.2 Å². The van der Waals surface area contributed by atoms with Crippen LogP contribution < -0.4 is 5.32 Å². The highest BCUT2D eigenvalue weighted by Crippen LogP contribution is 2.29. The first-order chi connectivity index (χ1) is 11.7. The van der Waals surface area contributed by atoms with Gasteiger partial charge >= 0.3 is 11.9 Å². The van der Waals surface area contributed by atoms with Crippen LogP contribution >= 0.6 is 0 Å². The standard InChI is InChI=1S/C16H13NO8/c18-11-6-10(12(19)3-7(11)4-14(21)22)15(23)17-8-1-2-9(16(24)25)13(20)5-8/h1-3,5-6,18-20H,4H2,(H,17,23)(H,21,22)(H,24,25). The van der Waals surface area contributed by atoms with Crippen molar-refractivity contribution >= 4 is 23.5 Å². The molecule has 0 aliphatic rings. The molecule has 0 aromatic heterocycles. The summed E-state index contributed by atoms with van der Waals surface area (Å²) in [6.07, 6.45) is -0.536. The molecule has 0 saturated carbocycles. The lowest BCUT2D eigenvalue weighted by molar-refractivity contribution is -0.136. The molecule has 0 bridgehead atoms. The highest BCUT2D eigenvalue weighted by molar-refractivity contribution is 6.07. The molecule has 0 aliphatic heterocycles. The second-order valence-corrected chi connectivity index (χ2v) is 5.06. The molecule has 0 heterocycles. The number of benzene rings is 2. The molecule has 0 fully saturated rings. The van der Waals surface area contributed by atoms with Crippen LogP contribution in [0.25, 0.3) is 0 Å². The molecule has 0 unspecified atom stereocenters. The average molecular weight is 347 g/mol. The lowest BCUT2D eigenvalue weighted by Gasteiger charge is -2.10. The molecular weight excluding hydrogens is 334 g/mol. The van der Waals surface area contributed by atoms with Gasteiger partial charge in [-0.05, 0) is 24.3 Å². The number of aromatic carboxylic acids is 1. The van der Waals surface area contributed by atoms with Gasteiger partial charge in [-0.1, -0.05) is 0 Å². The lowest BCUT2D eigenvalue weighted by atomic mass is 10.1. The van der Waals surface area contributed by atoms with Crippen molar-refractivity contribution in [2.75, 3.05) is 5.32 Å². The summed E-state index contributed by atoms with van der Waals surface area (Å²) in [5, 5.41) is 49.0. The van der Waals surface area contributed by atoms with Gasteiger partial charge in [-0.25, -0.2) is 4.79 Å². The minimum atomic E-state index is -1.34. The predicted molar refractivity (Wildman–Crippen MR) is 84.1 cm³/mol. The summed E-state index contributed by atoms with van der Waals surface area (Å²) in [5.41, 5.74) is -0.684. The van der Waals surface area contributed by atoms with Gasteiger partial charge in [0.1, 0.15) is 22.8 Å². The fourth-order valence-corrected chi connectivity index (χ4v) is 2.10. The zero-order valence-electron chi connectivity index (χ0n) is 12.6. The summed E-state index contributed by atoms with van der Waals surface area (Å²) in [5.74, 6) is -4.99. The number of aliphatic carboxylic acids is 1. The number of amides is 1. The van der Waals surface area contributed by atoms with Crippen molar-refractivity contribution in [3.63, 3.8) is 0 Å². The Balaban J connectivity index is 2.26. The van der Waals surface area contributed by atoms with E-state index in [9.17, 15) is 29.7 Å². The molecule has 6 N–H and O–H groups in total. The van der Waals surface area contributed by atoms with Crippen molar-refractivity contribution in [2.24, 2.45) is 0 Å². The van der Waals surface area contributed by atoms with Gasteiger partial charge in [-0.3, -0.25) is 9.59 Å². The Kier molecular flexibility index (Phi) is 4.78. The summed E-state index contributed by atoms with van der Waals surface area (Å²) in [6.45, 7) is 0. The van der Waals surface area contributed by atoms with E-state index >= 15 is 0 Å². The molecule has 1 amide bonds. The van der Waals surface area contributed by atoms with E-state index in [0.717, 1.165) is 24.3 Å². The van der Waals surface area contributed by atoms with E-state index in [2.05, 4.69) is 5.32 Å². The largest absolute Gasteiger partial charge is 0.508 e. The van der Waals surface area contributed by atoms with Crippen molar-refractivity contribution in [1.82, 2.24) is 0 Å². The van der Waals surface area contributed by atoms with E-state index in [1.54, 1.807) is 0 Å². The highest BCUT2D eigenvalue weighted by Gasteiger charge is 2.18. The van der Waals surface area contributed by atoms with Gasteiger partial charge in [-0.15, -0.1) is 0 Å². The Morgan fingerprint density at radius 1 is 0.840 bits per heavy atom. The summed E-state index contributed by atoms with van der Waals surface area (Å²) in [4.78, 5) is 33.6. The molecule has 2 aromatic rings. The van der Waals surface area contributed by atoms with Crippen LogP contribution in [-0.2, 0) is 11.2 Å². The van der Waals surface area contributed by atoms with E-state index in [0.29, 0.717) is 0 Å². The number of rotatable bonds is 5. The van der Waals surface area contributed by atoms with Crippen LogP contribution in [-0.4, -0.2) is 43.4 Å². The van der Waals surface area contributed by atoms with Crippen LogP contribution in [0.4, 0.5) is 5.69 Å². The highest BCUT2D eigenvalue weighted by atomic mass is 16.4. The fraction of sp³-hybridized carbons (Fsp3) is 0.0625. The molecule has 25 heavy (non-hydrogen) atoms. The number of carbonyl (C=O) groups excluding carboxylic acids is 1. The summed E-state index contributed by atoms with van der Waals surface area (Å²) >= 11 is 0. The van der Waals surface area contributed by atoms with Crippen LogP contribution in [0.15, 0.2) is 30.3 Å².